The molecule has 0 radical (unpaired) electrons. The van der Waals surface area contributed by atoms with E-state index in [1.54, 1.807) is 6.08 Å². The average Bonchev–Trinajstić information content (AvgIpc) is 2.68. The van der Waals surface area contributed by atoms with Gasteiger partial charge in [0.25, 0.3) is 0 Å². The number of esters is 2. The highest BCUT2D eigenvalue weighted by molar-refractivity contribution is 5.67. The Labute approximate surface area is 99.7 Å². The Hall–Kier alpha value is -1.36. The van der Waals surface area contributed by atoms with E-state index in [0.29, 0.717) is 13.2 Å². The minimum atomic E-state index is -0.501. The maximum absolute atomic E-state index is 11.1. The molecule has 1 saturated heterocycles. The second-order valence-electron chi connectivity index (χ2n) is 4.40. The van der Waals surface area contributed by atoms with E-state index in [1.165, 1.54) is 13.8 Å². The Balaban J connectivity index is 2.15. The quantitative estimate of drug-likeness (QED) is 0.524. The topological polar surface area (TPSA) is 61.8 Å². The molecule has 1 aliphatic heterocycles. The van der Waals surface area contributed by atoms with Crippen molar-refractivity contribution in [3.8, 4) is 0 Å². The first kappa shape index (κ1) is 12.1. The number of carbonyl (C=O) groups excluding carboxylic acids is 2. The standard InChI is InChI=1S/C12H16O5/c1-7(13)16-11-4-3-9-5-15-6-10(9)12(11)17-8(2)14/h3-4,9-12H,5-6H2,1-2H3/t9-,10+,11+,12-/m0/s1. The van der Waals surface area contributed by atoms with Crippen LogP contribution < -0.4 is 0 Å². The number of fused-ring (bicyclic) bond motifs is 1. The summed E-state index contributed by atoms with van der Waals surface area (Å²) in [5, 5.41) is 0. The minimum Gasteiger partial charge on any atom is -0.458 e. The minimum absolute atomic E-state index is 0.0771. The second kappa shape index (κ2) is 4.87. The second-order valence-corrected chi connectivity index (χ2v) is 4.40. The van der Waals surface area contributed by atoms with Gasteiger partial charge in [-0.25, -0.2) is 0 Å². The van der Waals surface area contributed by atoms with Crippen molar-refractivity contribution in [1.82, 2.24) is 0 Å². The first-order valence-electron chi connectivity index (χ1n) is 5.68. The maximum atomic E-state index is 11.1. The molecule has 5 heteroatoms. The maximum Gasteiger partial charge on any atom is 0.303 e. The molecule has 0 spiro atoms. The van der Waals surface area contributed by atoms with E-state index in [4.69, 9.17) is 14.2 Å². The largest absolute Gasteiger partial charge is 0.458 e. The van der Waals surface area contributed by atoms with Crippen LogP contribution in [0.4, 0.5) is 0 Å². The molecule has 0 aromatic carbocycles. The highest BCUT2D eigenvalue weighted by Gasteiger charge is 2.43. The molecule has 4 atom stereocenters. The molecule has 2 aliphatic rings. The fraction of sp³-hybridized carbons (Fsp3) is 0.667. The predicted octanol–water partition coefficient (Wildman–Crippen LogP) is 0.682. The van der Waals surface area contributed by atoms with Crippen LogP contribution in [0, 0.1) is 11.8 Å². The van der Waals surface area contributed by atoms with Crippen LogP contribution in [-0.4, -0.2) is 37.4 Å². The van der Waals surface area contributed by atoms with E-state index in [-0.39, 0.29) is 23.8 Å². The molecule has 94 valence electrons. The molecule has 2 rings (SSSR count). The van der Waals surface area contributed by atoms with Crippen molar-refractivity contribution >= 4 is 11.9 Å². The lowest BCUT2D eigenvalue weighted by Gasteiger charge is -2.33. The van der Waals surface area contributed by atoms with E-state index in [9.17, 15) is 9.59 Å². The Morgan fingerprint density at radius 2 is 1.82 bits per heavy atom. The van der Waals surface area contributed by atoms with E-state index < -0.39 is 12.2 Å². The summed E-state index contributed by atoms with van der Waals surface area (Å²) in [4.78, 5) is 22.1. The molecule has 0 N–H and O–H groups in total. The Bertz CT molecular complexity index is 349. The van der Waals surface area contributed by atoms with Crippen molar-refractivity contribution in [2.24, 2.45) is 11.8 Å². The molecule has 0 saturated carbocycles. The summed E-state index contributed by atoms with van der Waals surface area (Å²) < 4.78 is 15.8. The number of hydrogen-bond acceptors (Lipinski definition) is 5. The highest BCUT2D eigenvalue weighted by atomic mass is 16.6. The van der Waals surface area contributed by atoms with Crippen molar-refractivity contribution in [3.05, 3.63) is 12.2 Å². The van der Waals surface area contributed by atoms with Gasteiger partial charge in [-0.05, 0) is 6.08 Å². The molecule has 0 unspecified atom stereocenters. The SMILES string of the molecule is CC(=O)O[C@H]1[C@@H]2COC[C@@H]2C=C[C@H]1OC(C)=O. The van der Waals surface area contributed by atoms with Crippen molar-refractivity contribution in [2.45, 2.75) is 26.1 Å². The van der Waals surface area contributed by atoms with Crippen LogP contribution in [0.15, 0.2) is 12.2 Å². The summed E-state index contributed by atoms with van der Waals surface area (Å²) >= 11 is 0. The summed E-state index contributed by atoms with van der Waals surface area (Å²) in [6, 6.07) is 0. The van der Waals surface area contributed by atoms with Gasteiger partial charge in [0.1, 0.15) is 6.10 Å². The Morgan fingerprint density at radius 1 is 1.12 bits per heavy atom. The van der Waals surface area contributed by atoms with E-state index in [0.717, 1.165) is 0 Å². The zero-order valence-electron chi connectivity index (χ0n) is 9.92. The lowest BCUT2D eigenvalue weighted by Crippen LogP contribution is -2.44. The summed E-state index contributed by atoms with van der Waals surface area (Å²) in [7, 11) is 0. The summed E-state index contributed by atoms with van der Waals surface area (Å²) in [5.74, 6) is -0.429. The molecular formula is C12H16O5. The fourth-order valence-corrected chi connectivity index (χ4v) is 2.37. The molecule has 0 amide bonds. The van der Waals surface area contributed by atoms with Crippen molar-refractivity contribution in [3.63, 3.8) is 0 Å². The van der Waals surface area contributed by atoms with Gasteiger partial charge in [-0.15, -0.1) is 0 Å². The molecule has 0 aromatic rings. The third kappa shape index (κ3) is 2.66. The van der Waals surface area contributed by atoms with Crippen molar-refractivity contribution in [1.29, 1.82) is 0 Å². The van der Waals surface area contributed by atoms with Crippen molar-refractivity contribution < 1.29 is 23.8 Å². The van der Waals surface area contributed by atoms with Gasteiger partial charge in [-0.2, -0.15) is 0 Å². The average molecular weight is 240 g/mol. The van der Waals surface area contributed by atoms with Gasteiger partial charge in [0, 0.05) is 25.7 Å². The number of hydrogen-bond donors (Lipinski definition) is 0. The number of rotatable bonds is 2. The molecule has 0 aromatic heterocycles. The van der Waals surface area contributed by atoms with Crippen molar-refractivity contribution in [2.75, 3.05) is 13.2 Å². The summed E-state index contributed by atoms with van der Waals surface area (Å²) in [6.45, 7) is 3.86. The van der Waals surface area contributed by atoms with Gasteiger partial charge in [0.05, 0.1) is 13.2 Å². The van der Waals surface area contributed by atoms with E-state index in [1.807, 2.05) is 6.08 Å². The zero-order chi connectivity index (χ0) is 12.4. The van der Waals surface area contributed by atoms with Crippen LogP contribution in [0.2, 0.25) is 0 Å². The smallest absolute Gasteiger partial charge is 0.303 e. The lowest BCUT2D eigenvalue weighted by atomic mass is 9.83. The van der Waals surface area contributed by atoms with Crippen LogP contribution >= 0.6 is 0 Å². The van der Waals surface area contributed by atoms with Crippen LogP contribution in [0.3, 0.4) is 0 Å². The van der Waals surface area contributed by atoms with Crippen LogP contribution in [0.1, 0.15) is 13.8 Å². The van der Waals surface area contributed by atoms with Gasteiger partial charge in [-0.1, -0.05) is 6.08 Å². The monoisotopic (exact) mass is 240 g/mol. The van der Waals surface area contributed by atoms with E-state index in [2.05, 4.69) is 0 Å². The molecule has 1 aliphatic carbocycles. The highest BCUT2D eigenvalue weighted by Crippen LogP contribution is 2.34. The zero-order valence-corrected chi connectivity index (χ0v) is 9.92. The molecule has 1 fully saturated rings. The van der Waals surface area contributed by atoms with Crippen LogP contribution in [0.25, 0.3) is 0 Å². The first-order valence-corrected chi connectivity index (χ1v) is 5.68. The molecule has 0 bridgehead atoms. The number of carbonyl (C=O) groups is 2. The van der Waals surface area contributed by atoms with Gasteiger partial charge >= 0.3 is 11.9 Å². The Kier molecular flexibility index (Phi) is 3.47. The normalized spacial score (nSPS) is 35.2. The lowest BCUT2D eigenvalue weighted by molar-refractivity contribution is -0.167. The van der Waals surface area contributed by atoms with Crippen LogP contribution in [0.5, 0.6) is 0 Å². The third-order valence-corrected chi connectivity index (χ3v) is 3.07. The van der Waals surface area contributed by atoms with Gasteiger partial charge in [0.2, 0.25) is 0 Å². The molecule has 17 heavy (non-hydrogen) atoms. The molecular weight excluding hydrogens is 224 g/mol. The third-order valence-electron chi connectivity index (χ3n) is 3.07. The van der Waals surface area contributed by atoms with Crippen LogP contribution in [-0.2, 0) is 23.8 Å². The van der Waals surface area contributed by atoms with Gasteiger partial charge < -0.3 is 14.2 Å². The first-order chi connectivity index (χ1) is 8.08. The van der Waals surface area contributed by atoms with Gasteiger partial charge in [-0.3, -0.25) is 9.59 Å². The Morgan fingerprint density at radius 3 is 2.47 bits per heavy atom. The predicted molar refractivity (Wildman–Crippen MR) is 58.0 cm³/mol. The van der Waals surface area contributed by atoms with Gasteiger partial charge in [0.15, 0.2) is 6.10 Å². The summed E-state index contributed by atoms with van der Waals surface area (Å²) in [6.07, 6.45) is 2.82. The molecule has 5 nitrogen and oxygen atoms in total. The number of ether oxygens (including phenoxy) is 3. The summed E-state index contributed by atoms with van der Waals surface area (Å²) in [5.41, 5.74) is 0. The van der Waals surface area contributed by atoms with E-state index >= 15 is 0 Å². The fourth-order valence-electron chi connectivity index (χ4n) is 2.37. The molecule has 1 heterocycles.